The van der Waals surface area contributed by atoms with Crippen molar-refractivity contribution in [3.05, 3.63) is 93.6 Å². The normalized spacial score (nSPS) is 11.7. The molecule has 0 saturated heterocycles. The highest BCUT2D eigenvalue weighted by molar-refractivity contribution is 7.07. The van der Waals surface area contributed by atoms with E-state index in [2.05, 4.69) is 4.98 Å². The molecule has 6 heteroatoms. The van der Waals surface area contributed by atoms with Gasteiger partial charge in [0.15, 0.2) is 4.80 Å². The Morgan fingerprint density at radius 3 is 2.63 bits per heavy atom. The van der Waals surface area contributed by atoms with Crippen LogP contribution >= 0.6 is 22.9 Å². The van der Waals surface area contributed by atoms with E-state index in [1.807, 2.05) is 59.3 Å². The van der Waals surface area contributed by atoms with Crippen LogP contribution < -0.4 is 4.80 Å². The minimum atomic E-state index is -0.436. The predicted molar refractivity (Wildman–Crippen MR) is 108 cm³/mol. The quantitative estimate of drug-likeness (QED) is 0.422. The summed E-state index contributed by atoms with van der Waals surface area (Å²) in [5, 5.41) is 2.09. The highest BCUT2D eigenvalue weighted by Crippen LogP contribution is 2.28. The first kappa shape index (κ1) is 17.6. The van der Waals surface area contributed by atoms with Crippen molar-refractivity contribution in [3.63, 3.8) is 0 Å². The number of nitrogens with zero attached hydrogens (tertiary/aromatic N) is 3. The van der Waals surface area contributed by atoms with Gasteiger partial charge in [-0.15, -0.1) is 11.3 Å². The van der Waals surface area contributed by atoms with E-state index in [4.69, 9.17) is 16.6 Å². The van der Waals surface area contributed by atoms with E-state index < -0.39 is 5.82 Å². The molecule has 0 radical (unpaired) electrons. The van der Waals surface area contributed by atoms with Crippen molar-refractivity contribution in [2.75, 3.05) is 0 Å². The number of hydrogen-bond acceptors (Lipinski definition) is 3. The summed E-state index contributed by atoms with van der Waals surface area (Å²) in [5.74, 6) is -0.436. The van der Waals surface area contributed by atoms with Gasteiger partial charge in [0, 0.05) is 17.1 Å². The van der Waals surface area contributed by atoms with Gasteiger partial charge < -0.3 is 0 Å². The molecule has 134 valence electrons. The fraction of sp³-hybridized carbons (Fsp3) is 0.0476. The van der Waals surface area contributed by atoms with Gasteiger partial charge in [-0.05, 0) is 49.4 Å². The first-order valence-electron chi connectivity index (χ1n) is 8.31. The van der Waals surface area contributed by atoms with E-state index in [-0.39, 0.29) is 5.02 Å². The lowest BCUT2D eigenvalue weighted by Crippen LogP contribution is -2.15. The third-order valence-corrected chi connectivity index (χ3v) is 5.24. The van der Waals surface area contributed by atoms with Crippen LogP contribution in [0, 0.1) is 12.7 Å². The minimum absolute atomic E-state index is 0.0923. The Bertz CT molecular complexity index is 1170. The lowest BCUT2D eigenvalue weighted by atomic mass is 10.1. The van der Waals surface area contributed by atoms with Crippen molar-refractivity contribution in [1.82, 2.24) is 9.55 Å². The summed E-state index contributed by atoms with van der Waals surface area (Å²) in [5.41, 5.74) is 4.35. The van der Waals surface area contributed by atoms with Gasteiger partial charge in [0.05, 0.1) is 27.8 Å². The number of hydrogen-bond donors (Lipinski definition) is 0. The van der Waals surface area contributed by atoms with Gasteiger partial charge in [0.1, 0.15) is 5.82 Å². The standard InChI is InChI=1S/C21H15ClFN3S/c1-14-19(8-5-11-24-14)26-20(15-9-10-18(23)17(22)12-15)13-27-21(26)25-16-6-3-2-4-7-16/h2-13H,1H3. The maximum absolute atomic E-state index is 13.6. The number of aryl methyl sites for hydroxylation is 1. The number of benzene rings is 2. The summed E-state index contributed by atoms with van der Waals surface area (Å²) in [4.78, 5) is 10.00. The molecule has 27 heavy (non-hydrogen) atoms. The third-order valence-electron chi connectivity index (χ3n) is 4.12. The van der Waals surface area contributed by atoms with Crippen molar-refractivity contribution in [2.24, 2.45) is 4.99 Å². The van der Waals surface area contributed by atoms with Gasteiger partial charge in [0.25, 0.3) is 0 Å². The fourth-order valence-electron chi connectivity index (χ4n) is 2.80. The molecule has 0 aliphatic carbocycles. The smallest absolute Gasteiger partial charge is 0.195 e. The number of aromatic nitrogens is 2. The molecule has 0 bridgehead atoms. The lowest BCUT2D eigenvalue weighted by molar-refractivity contribution is 0.628. The molecular formula is C21H15ClFN3S. The molecule has 0 N–H and O–H groups in total. The zero-order chi connectivity index (χ0) is 18.8. The highest BCUT2D eigenvalue weighted by Gasteiger charge is 2.14. The van der Waals surface area contributed by atoms with Gasteiger partial charge in [-0.3, -0.25) is 9.55 Å². The van der Waals surface area contributed by atoms with Crippen LogP contribution in [0.1, 0.15) is 5.69 Å². The summed E-state index contributed by atoms with van der Waals surface area (Å²) in [6, 6.07) is 18.4. The minimum Gasteiger partial charge on any atom is -0.283 e. The molecule has 2 heterocycles. The average Bonchev–Trinajstić information content (AvgIpc) is 3.08. The molecule has 0 unspecified atom stereocenters. The van der Waals surface area contributed by atoms with Crippen molar-refractivity contribution in [3.8, 4) is 16.9 Å². The van der Waals surface area contributed by atoms with Crippen molar-refractivity contribution in [2.45, 2.75) is 6.92 Å². The zero-order valence-electron chi connectivity index (χ0n) is 14.4. The molecule has 4 aromatic rings. The molecule has 4 rings (SSSR count). The summed E-state index contributed by atoms with van der Waals surface area (Å²) in [6.45, 7) is 1.95. The monoisotopic (exact) mass is 395 g/mol. The lowest BCUT2D eigenvalue weighted by Gasteiger charge is -2.11. The Kier molecular flexibility index (Phi) is 4.88. The van der Waals surface area contributed by atoms with Crippen LogP contribution in [0.25, 0.3) is 16.9 Å². The SMILES string of the molecule is Cc1ncccc1-n1c(-c2ccc(F)c(Cl)c2)csc1=Nc1ccccc1. The van der Waals surface area contributed by atoms with Crippen LogP contribution in [0.5, 0.6) is 0 Å². The molecule has 0 aliphatic heterocycles. The highest BCUT2D eigenvalue weighted by atomic mass is 35.5. The second kappa shape index (κ2) is 7.47. The van der Waals surface area contributed by atoms with Crippen LogP contribution in [-0.2, 0) is 0 Å². The maximum atomic E-state index is 13.6. The molecular weight excluding hydrogens is 381 g/mol. The van der Waals surface area contributed by atoms with E-state index in [1.165, 1.54) is 17.4 Å². The first-order valence-corrected chi connectivity index (χ1v) is 9.57. The number of halogens is 2. The topological polar surface area (TPSA) is 30.2 Å². The zero-order valence-corrected chi connectivity index (χ0v) is 16.0. The predicted octanol–water partition coefficient (Wildman–Crippen LogP) is 5.93. The van der Waals surface area contributed by atoms with Crippen LogP contribution in [0.4, 0.5) is 10.1 Å². The van der Waals surface area contributed by atoms with Crippen LogP contribution in [0.2, 0.25) is 5.02 Å². The van der Waals surface area contributed by atoms with Crippen LogP contribution in [0.3, 0.4) is 0 Å². The summed E-state index contributed by atoms with van der Waals surface area (Å²) in [7, 11) is 0. The molecule has 2 aromatic heterocycles. The molecule has 0 saturated carbocycles. The number of thiazole rings is 1. The van der Waals surface area contributed by atoms with E-state index in [9.17, 15) is 4.39 Å². The molecule has 3 nitrogen and oxygen atoms in total. The van der Waals surface area contributed by atoms with E-state index >= 15 is 0 Å². The third kappa shape index (κ3) is 3.56. The van der Waals surface area contributed by atoms with Crippen molar-refractivity contribution in [1.29, 1.82) is 0 Å². The first-order chi connectivity index (χ1) is 13.1. The van der Waals surface area contributed by atoms with E-state index in [1.54, 1.807) is 18.3 Å². The van der Waals surface area contributed by atoms with E-state index in [0.717, 1.165) is 33.1 Å². The summed E-state index contributed by atoms with van der Waals surface area (Å²) >= 11 is 7.52. The molecule has 0 fully saturated rings. The number of pyridine rings is 1. The Labute approximate surface area is 165 Å². The fourth-order valence-corrected chi connectivity index (χ4v) is 3.90. The van der Waals surface area contributed by atoms with Gasteiger partial charge >= 0.3 is 0 Å². The molecule has 2 aromatic carbocycles. The summed E-state index contributed by atoms with van der Waals surface area (Å²) < 4.78 is 15.7. The second-order valence-corrected chi connectivity index (χ2v) is 7.17. The Morgan fingerprint density at radius 1 is 1.07 bits per heavy atom. The van der Waals surface area contributed by atoms with Gasteiger partial charge in [-0.25, -0.2) is 9.38 Å². The maximum Gasteiger partial charge on any atom is 0.195 e. The Hall–Kier alpha value is -2.76. The Balaban J connectivity index is 1.99. The average molecular weight is 396 g/mol. The van der Waals surface area contributed by atoms with Gasteiger partial charge in [0.2, 0.25) is 0 Å². The molecule has 0 amide bonds. The number of rotatable bonds is 3. The van der Waals surface area contributed by atoms with E-state index in [0.29, 0.717) is 0 Å². The Morgan fingerprint density at radius 2 is 1.89 bits per heavy atom. The summed E-state index contributed by atoms with van der Waals surface area (Å²) in [6.07, 6.45) is 1.76. The molecule has 0 aliphatic rings. The van der Waals surface area contributed by atoms with Crippen molar-refractivity contribution >= 4 is 28.6 Å². The van der Waals surface area contributed by atoms with Crippen molar-refractivity contribution < 1.29 is 4.39 Å². The van der Waals surface area contributed by atoms with Crippen LogP contribution in [-0.4, -0.2) is 9.55 Å². The largest absolute Gasteiger partial charge is 0.283 e. The van der Waals surface area contributed by atoms with Crippen LogP contribution in [0.15, 0.2) is 77.2 Å². The molecule has 0 spiro atoms. The number of para-hydroxylation sites is 1. The second-order valence-electron chi connectivity index (χ2n) is 5.92. The molecule has 0 atom stereocenters. The van der Waals surface area contributed by atoms with Gasteiger partial charge in [-0.1, -0.05) is 29.8 Å². The van der Waals surface area contributed by atoms with Gasteiger partial charge in [-0.2, -0.15) is 0 Å².